The second-order valence-electron chi connectivity index (χ2n) is 3.53. The number of fused-ring (bicyclic) bond motifs is 1. The first kappa shape index (κ1) is 10.2. The highest BCUT2D eigenvalue weighted by molar-refractivity contribution is 5.77. The van der Waals surface area contributed by atoms with E-state index in [9.17, 15) is 4.79 Å². The minimum atomic E-state index is -0.404. The Bertz CT molecular complexity index is 789. The minimum Gasteiger partial charge on any atom is -0.382 e. The smallest absolute Gasteiger partial charge is 0.278 e. The van der Waals surface area contributed by atoms with Crippen molar-refractivity contribution < 1.29 is 0 Å². The number of nitrogens with zero attached hydrogens (tertiary/aromatic N) is 4. The van der Waals surface area contributed by atoms with Crippen LogP contribution in [0.5, 0.6) is 0 Å². The molecule has 0 aliphatic rings. The minimum absolute atomic E-state index is 0.00216. The van der Waals surface area contributed by atoms with E-state index in [0.29, 0.717) is 11.5 Å². The molecule has 90 valence electrons. The van der Waals surface area contributed by atoms with Gasteiger partial charge in [0, 0.05) is 12.4 Å². The maximum atomic E-state index is 11.6. The van der Waals surface area contributed by atoms with Crippen LogP contribution in [0.25, 0.3) is 22.7 Å². The van der Waals surface area contributed by atoms with Gasteiger partial charge in [0.15, 0.2) is 22.8 Å². The van der Waals surface area contributed by atoms with E-state index in [4.69, 9.17) is 11.5 Å². The summed E-state index contributed by atoms with van der Waals surface area (Å²) >= 11 is 0. The Labute approximate surface area is 99.3 Å². The molecule has 0 spiro atoms. The Balaban J connectivity index is 2.30. The summed E-state index contributed by atoms with van der Waals surface area (Å²) in [5.41, 5.74) is 11.5. The third-order valence-electron chi connectivity index (χ3n) is 2.33. The van der Waals surface area contributed by atoms with Crippen LogP contribution in [0, 0.1) is 0 Å². The van der Waals surface area contributed by atoms with Gasteiger partial charge in [0.05, 0.1) is 0 Å². The fourth-order valence-electron chi connectivity index (χ4n) is 1.57. The highest BCUT2D eigenvalue weighted by atomic mass is 16.1. The van der Waals surface area contributed by atoms with Crippen molar-refractivity contribution in [3.05, 3.63) is 22.7 Å². The van der Waals surface area contributed by atoms with Crippen LogP contribution in [-0.4, -0.2) is 29.9 Å². The number of hydrogen-bond donors (Lipinski definition) is 4. The zero-order valence-corrected chi connectivity index (χ0v) is 9.01. The molecule has 0 saturated heterocycles. The fraction of sp³-hybridized carbons (Fsp3) is 0. The highest BCUT2D eigenvalue weighted by Gasteiger charge is 2.13. The molecule has 9 nitrogen and oxygen atoms in total. The van der Waals surface area contributed by atoms with Gasteiger partial charge in [-0.15, -0.1) is 0 Å². The van der Waals surface area contributed by atoms with Gasteiger partial charge in [-0.2, -0.15) is 4.98 Å². The average Bonchev–Trinajstić information content (AvgIpc) is 2.73. The normalized spacial score (nSPS) is 10.9. The zero-order chi connectivity index (χ0) is 12.7. The van der Waals surface area contributed by atoms with Gasteiger partial charge in [-0.3, -0.25) is 9.78 Å². The zero-order valence-electron chi connectivity index (χ0n) is 9.01. The predicted molar refractivity (Wildman–Crippen MR) is 64.4 cm³/mol. The molecule has 3 rings (SSSR count). The van der Waals surface area contributed by atoms with Crippen molar-refractivity contribution in [1.82, 2.24) is 29.9 Å². The summed E-state index contributed by atoms with van der Waals surface area (Å²) in [6.07, 6.45) is 2.94. The van der Waals surface area contributed by atoms with E-state index in [-0.39, 0.29) is 22.9 Å². The van der Waals surface area contributed by atoms with Crippen LogP contribution in [0.2, 0.25) is 0 Å². The highest BCUT2D eigenvalue weighted by Crippen LogP contribution is 2.19. The average molecular weight is 244 g/mol. The monoisotopic (exact) mass is 244 g/mol. The lowest BCUT2D eigenvalue weighted by Crippen LogP contribution is -2.10. The second-order valence-corrected chi connectivity index (χ2v) is 3.53. The van der Waals surface area contributed by atoms with E-state index in [1.807, 2.05) is 0 Å². The van der Waals surface area contributed by atoms with Crippen molar-refractivity contribution >= 4 is 22.9 Å². The van der Waals surface area contributed by atoms with Crippen LogP contribution >= 0.6 is 0 Å². The number of rotatable bonds is 1. The molecule has 3 heterocycles. The number of H-pyrrole nitrogens is 2. The van der Waals surface area contributed by atoms with E-state index in [1.54, 1.807) is 0 Å². The number of aromatic amines is 2. The van der Waals surface area contributed by atoms with Crippen LogP contribution in [0.3, 0.4) is 0 Å². The number of nitrogen functional groups attached to an aromatic ring is 2. The maximum absolute atomic E-state index is 11.6. The van der Waals surface area contributed by atoms with Crippen molar-refractivity contribution in [2.75, 3.05) is 11.5 Å². The van der Waals surface area contributed by atoms with Crippen LogP contribution in [0.15, 0.2) is 17.2 Å². The third kappa shape index (κ3) is 1.45. The molecule has 0 atom stereocenters. The van der Waals surface area contributed by atoms with Gasteiger partial charge in [0.1, 0.15) is 5.69 Å². The molecule has 0 amide bonds. The third-order valence-corrected chi connectivity index (χ3v) is 2.33. The van der Waals surface area contributed by atoms with Gasteiger partial charge < -0.3 is 16.5 Å². The van der Waals surface area contributed by atoms with E-state index in [1.165, 1.54) is 12.4 Å². The molecule has 9 heteroatoms. The van der Waals surface area contributed by atoms with Crippen molar-refractivity contribution in [1.29, 1.82) is 0 Å². The Morgan fingerprint density at radius 2 is 1.83 bits per heavy atom. The van der Waals surface area contributed by atoms with E-state index < -0.39 is 5.56 Å². The van der Waals surface area contributed by atoms with Gasteiger partial charge in [0.2, 0.25) is 5.95 Å². The van der Waals surface area contributed by atoms with Gasteiger partial charge in [-0.25, -0.2) is 15.0 Å². The molecule has 0 aliphatic carbocycles. The van der Waals surface area contributed by atoms with Crippen molar-refractivity contribution in [2.45, 2.75) is 0 Å². The summed E-state index contributed by atoms with van der Waals surface area (Å²) in [6.45, 7) is 0. The molecule has 0 radical (unpaired) electrons. The fourth-order valence-corrected chi connectivity index (χ4v) is 1.57. The molecule has 0 aliphatic heterocycles. The van der Waals surface area contributed by atoms with Gasteiger partial charge in [-0.1, -0.05) is 0 Å². The molecule has 6 N–H and O–H groups in total. The van der Waals surface area contributed by atoms with Crippen molar-refractivity contribution in [3.63, 3.8) is 0 Å². The first-order valence-electron chi connectivity index (χ1n) is 4.97. The number of hydrogen-bond acceptors (Lipinski definition) is 7. The predicted octanol–water partition coefficient (Wildman–Crippen LogP) is -0.732. The lowest BCUT2D eigenvalue weighted by Gasteiger charge is -1.97. The molecule has 18 heavy (non-hydrogen) atoms. The summed E-state index contributed by atoms with van der Waals surface area (Å²) in [7, 11) is 0. The van der Waals surface area contributed by atoms with Gasteiger partial charge in [-0.05, 0) is 0 Å². The molecule has 3 aromatic heterocycles. The van der Waals surface area contributed by atoms with Crippen LogP contribution < -0.4 is 17.0 Å². The molecular formula is C9H8N8O. The number of imidazole rings is 1. The second kappa shape index (κ2) is 3.52. The summed E-state index contributed by atoms with van der Waals surface area (Å²) < 4.78 is 0. The summed E-state index contributed by atoms with van der Waals surface area (Å²) in [4.78, 5) is 32.7. The van der Waals surface area contributed by atoms with Gasteiger partial charge in [0.25, 0.3) is 5.56 Å². The van der Waals surface area contributed by atoms with Crippen molar-refractivity contribution in [2.24, 2.45) is 0 Å². The number of nitrogens with two attached hydrogens (primary N) is 2. The first-order chi connectivity index (χ1) is 8.65. The summed E-state index contributed by atoms with van der Waals surface area (Å²) in [5, 5.41) is 0. The molecule has 0 aromatic carbocycles. The van der Waals surface area contributed by atoms with Crippen LogP contribution in [0.4, 0.5) is 11.8 Å². The van der Waals surface area contributed by atoms with E-state index >= 15 is 0 Å². The molecular weight excluding hydrogens is 236 g/mol. The molecule has 0 bridgehead atoms. The van der Waals surface area contributed by atoms with Crippen LogP contribution in [-0.2, 0) is 0 Å². The summed E-state index contributed by atoms with van der Waals surface area (Å²) in [6, 6.07) is 0. The topological polar surface area (TPSA) is 152 Å². The standard InChI is InChI=1S/C9H8N8O/c10-5-3(12-1-2-13-5)6-14-4-7(15-6)16-9(11)17-8(4)18/h1-2H,(H2,10,13)(H4,11,14,15,16,17,18). The Kier molecular flexibility index (Phi) is 1.99. The van der Waals surface area contributed by atoms with E-state index in [2.05, 4.69) is 29.9 Å². The van der Waals surface area contributed by atoms with Crippen molar-refractivity contribution in [3.8, 4) is 11.5 Å². The quantitative estimate of drug-likeness (QED) is 0.440. The van der Waals surface area contributed by atoms with Crippen LogP contribution in [0.1, 0.15) is 0 Å². The number of nitrogens with one attached hydrogen (secondary N) is 2. The lowest BCUT2D eigenvalue weighted by molar-refractivity contribution is 1.17. The molecule has 0 fully saturated rings. The van der Waals surface area contributed by atoms with E-state index in [0.717, 1.165) is 0 Å². The molecule has 3 aromatic rings. The Morgan fingerprint density at radius 3 is 2.61 bits per heavy atom. The molecule has 0 saturated carbocycles. The number of anilines is 2. The van der Waals surface area contributed by atoms with Gasteiger partial charge >= 0.3 is 0 Å². The summed E-state index contributed by atoms with van der Waals surface area (Å²) in [5.74, 6) is 0.526. The number of aromatic nitrogens is 6. The Morgan fingerprint density at radius 1 is 1.06 bits per heavy atom. The largest absolute Gasteiger partial charge is 0.382 e. The first-order valence-corrected chi connectivity index (χ1v) is 4.97. The SMILES string of the molecule is Nc1nc2nc(-c3nccnc3N)[nH]c2c(=O)[nH]1. The molecule has 0 unspecified atom stereocenters. The lowest BCUT2D eigenvalue weighted by atomic mass is 10.4. The maximum Gasteiger partial charge on any atom is 0.278 e. The Hall–Kier alpha value is -2.97.